The first kappa shape index (κ1) is 12.1. The van der Waals surface area contributed by atoms with Crippen LogP contribution in [0.4, 0.5) is 5.82 Å². The van der Waals surface area contributed by atoms with E-state index in [1.807, 2.05) is 0 Å². The quantitative estimate of drug-likeness (QED) is 0.778. The van der Waals surface area contributed by atoms with E-state index in [4.69, 9.17) is 16.7 Å². The number of rotatable bonds is 3. The van der Waals surface area contributed by atoms with Gasteiger partial charge in [-0.25, -0.2) is 9.78 Å². The van der Waals surface area contributed by atoms with Gasteiger partial charge in [0, 0.05) is 12.3 Å². The highest BCUT2D eigenvalue weighted by molar-refractivity contribution is 6.30. The molecule has 2 aromatic rings. The standard InChI is InChI=1S/C10H7ClN4O3/c11-5-1-2-6(12-4-5)9(16)13-8-3-7(10(17)18)14-15-8/h1-4H,(H,17,18)(H2,13,14,15,16). The van der Waals surface area contributed by atoms with Crippen molar-refractivity contribution in [2.75, 3.05) is 5.32 Å². The van der Waals surface area contributed by atoms with Crippen molar-refractivity contribution in [1.29, 1.82) is 0 Å². The molecule has 92 valence electrons. The van der Waals surface area contributed by atoms with E-state index in [1.165, 1.54) is 24.4 Å². The van der Waals surface area contributed by atoms with Gasteiger partial charge in [0.1, 0.15) is 11.4 Å². The molecule has 0 saturated carbocycles. The molecule has 0 bridgehead atoms. The van der Waals surface area contributed by atoms with Gasteiger partial charge in [-0.1, -0.05) is 11.6 Å². The van der Waals surface area contributed by atoms with Crippen molar-refractivity contribution in [2.24, 2.45) is 0 Å². The second-order valence-electron chi connectivity index (χ2n) is 3.29. The van der Waals surface area contributed by atoms with Crippen molar-refractivity contribution in [3.8, 4) is 0 Å². The molecule has 0 aliphatic rings. The number of carbonyl (C=O) groups excluding carboxylic acids is 1. The van der Waals surface area contributed by atoms with Crippen molar-refractivity contribution in [3.63, 3.8) is 0 Å². The number of carboxylic acids is 1. The van der Waals surface area contributed by atoms with E-state index in [0.717, 1.165) is 0 Å². The van der Waals surface area contributed by atoms with E-state index in [2.05, 4.69) is 20.5 Å². The molecule has 7 nitrogen and oxygen atoms in total. The van der Waals surface area contributed by atoms with Crippen LogP contribution >= 0.6 is 11.6 Å². The summed E-state index contributed by atoms with van der Waals surface area (Å²) in [6, 6.07) is 4.18. The first-order valence-electron chi connectivity index (χ1n) is 4.78. The molecule has 0 aliphatic carbocycles. The normalized spacial score (nSPS) is 10.1. The molecule has 2 heterocycles. The highest BCUT2D eigenvalue weighted by atomic mass is 35.5. The maximum atomic E-state index is 11.7. The van der Waals surface area contributed by atoms with Crippen LogP contribution in [0.1, 0.15) is 21.0 Å². The molecule has 0 atom stereocenters. The minimum atomic E-state index is -1.16. The largest absolute Gasteiger partial charge is 0.477 e. The fourth-order valence-electron chi connectivity index (χ4n) is 1.19. The SMILES string of the molecule is O=C(Nc1cc(C(=O)O)[nH]n1)c1ccc(Cl)cn1. The van der Waals surface area contributed by atoms with Crippen LogP contribution in [0.5, 0.6) is 0 Å². The lowest BCUT2D eigenvalue weighted by atomic mass is 10.3. The molecule has 0 unspecified atom stereocenters. The molecule has 0 fully saturated rings. The number of halogens is 1. The Morgan fingerprint density at radius 3 is 2.72 bits per heavy atom. The maximum Gasteiger partial charge on any atom is 0.353 e. The van der Waals surface area contributed by atoms with Gasteiger partial charge in [0.15, 0.2) is 5.82 Å². The number of hydrogen-bond donors (Lipinski definition) is 3. The molecule has 3 N–H and O–H groups in total. The molecule has 1 amide bonds. The van der Waals surface area contributed by atoms with Crippen LogP contribution in [0.15, 0.2) is 24.4 Å². The molecule has 0 aliphatic heterocycles. The van der Waals surface area contributed by atoms with Crippen LogP contribution < -0.4 is 5.32 Å². The molecule has 0 saturated heterocycles. The fraction of sp³-hybridized carbons (Fsp3) is 0. The van der Waals surface area contributed by atoms with Gasteiger partial charge in [-0.05, 0) is 12.1 Å². The third-order valence-electron chi connectivity index (χ3n) is 2.01. The highest BCUT2D eigenvalue weighted by Gasteiger charge is 2.12. The summed E-state index contributed by atoms with van der Waals surface area (Å²) in [5, 5.41) is 17.4. The molecule has 2 rings (SSSR count). The number of anilines is 1. The van der Waals surface area contributed by atoms with Crippen molar-refractivity contribution in [3.05, 3.63) is 40.8 Å². The second-order valence-corrected chi connectivity index (χ2v) is 3.72. The zero-order valence-electron chi connectivity index (χ0n) is 8.85. The van der Waals surface area contributed by atoms with E-state index in [0.29, 0.717) is 5.02 Å². The van der Waals surface area contributed by atoms with Gasteiger partial charge in [0.2, 0.25) is 0 Å². The number of amides is 1. The summed E-state index contributed by atoms with van der Waals surface area (Å²) < 4.78 is 0. The predicted octanol–water partition coefficient (Wildman–Crippen LogP) is 1.41. The second kappa shape index (κ2) is 4.84. The van der Waals surface area contributed by atoms with Gasteiger partial charge in [-0.3, -0.25) is 9.89 Å². The topological polar surface area (TPSA) is 108 Å². The maximum absolute atomic E-state index is 11.7. The average Bonchev–Trinajstić information content (AvgIpc) is 2.78. The van der Waals surface area contributed by atoms with Gasteiger partial charge in [0.25, 0.3) is 5.91 Å². The van der Waals surface area contributed by atoms with Crippen LogP contribution in [0.2, 0.25) is 5.02 Å². The minimum absolute atomic E-state index is 0.106. The lowest BCUT2D eigenvalue weighted by Crippen LogP contribution is -2.13. The Kier molecular flexibility index (Phi) is 3.24. The van der Waals surface area contributed by atoms with E-state index in [1.54, 1.807) is 0 Å². The van der Waals surface area contributed by atoms with Crippen molar-refractivity contribution >= 4 is 29.3 Å². The molecule has 0 aromatic carbocycles. The predicted molar refractivity (Wildman–Crippen MR) is 62.7 cm³/mol. The van der Waals surface area contributed by atoms with Gasteiger partial charge < -0.3 is 10.4 Å². The number of pyridine rings is 1. The van der Waals surface area contributed by atoms with E-state index >= 15 is 0 Å². The highest BCUT2D eigenvalue weighted by Crippen LogP contribution is 2.09. The third-order valence-corrected chi connectivity index (χ3v) is 2.23. The van der Waals surface area contributed by atoms with Crippen molar-refractivity contribution < 1.29 is 14.7 Å². The fourth-order valence-corrected chi connectivity index (χ4v) is 1.30. The summed E-state index contributed by atoms with van der Waals surface area (Å²) in [6.45, 7) is 0. The zero-order valence-corrected chi connectivity index (χ0v) is 9.60. The average molecular weight is 267 g/mol. The molecule has 0 radical (unpaired) electrons. The molecular weight excluding hydrogens is 260 g/mol. The number of carboxylic acid groups (broad SMARTS) is 1. The lowest BCUT2D eigenvalue weighted by molar-refractivity contribution is 0.0690. The van der Waals surface area contributed by atoms with E-state index in [9.17, 15) is 9.59 Å². The summed E-state index contributed by atoms with van der Waals surface area (Å²) in [6.07, 6.45) is 1.34. The van der Waals surface area contributed by atoms with Gasteiger partial charge in [-0.15, -0.1) is 0 Å². The number of aromatic carboxylic acids is 1. The lowest BCUT2D eigenvalue weighted by Gasteiger charge is -2.00. The summed E-state index contributed by atoms with van der Waals surface area (Å²) in [4.78, 5) is 26.1. The van der Waals surface area contributed by atoms with Crippen LogP contribution in [-0.4, -0.2) is 32.2 Å². The first-order valence-corrected chi connectivity index (χ1v) is 5.15. The number of nitrogens with one attached hydrogen (secondary N) is 2. The Balaban J connectivity index is 2.11. The van der Waals surface area contributed by atoms with Crippen LogP contribution in [0.25, 0.3) is 0 Å². The number of aromatic nitrogens is 3. The Labute approximate surface area is 106 Å². The monoisotopic (exact) mass is 266 g/mol. The number of H-pyrrole nitrogens is 1. The van der Waals surface area contributed by atoms with Crippen molar-refractivity contribution in [2.45, 2.75) is 0 Å². The Morgan fingerprint density at radius 1 is 1.39 bits per heavy atom. The van der Waals surface area contributed by atoms with Crippen LogP contribution in [0.3, 0.4) is 0 Å². The van der Waals surface area contributed by atoms with Gasteiger partial charge in [-0.2, -0.15) is 5.10 Å². The summed E-state index contributed by atoms with van der Waals surface area (Å²) >= 11 is 5.64. The molecule has 0 spiro atoms. The third kappa shape index (κ3) is 2.64. The van der Waals surface area contributed by atoms with Crippen LogP contribution in [0, 0.1) is 0 Å². The van der Waals surface area contributed by atoms with Gasteiger partial charge in [0.05, 0.1) is 5.02 Å². The van der Waals surface area contributed by atoms with E-state index in [-0.39, 0.29) is 17.2 Å². The molecule has 8 heteroatoms. The van der Waals surface area contributed by atoms with E-state index < -0.39 is 11.9 Å². The molecule has 2 aromatic heterocycles. The number of carbonyl (C=O) groups is 2. The number of aromatic amines is 1. The van der Waals surface area contributed by atoms with Crippen LogP contribution in [-0.2, 0) is 0 Å². The zero-order chi connectivity index (χ0) is 13.1. The Bertz CT molecular complexity index is 593. The Hall–Kier alpha value is -2.41. The number of nitrogens with zero attached hydrogens (tertiary/aromatic N) is 2. The first-order chi connectivity index (χ1) is 8.56. The minimum Gasteiger partial charge on any atom is -0.477 e. The van der Waals surface area contributed by atoms with Crippen molar-refractivity contribution in [1.82, 2.24) is 15.2 Å². The van der Waals surface area contributed by atoms with Gasteiger partial charge >= 0.3 is 5.97 Å². The Morgan fingerprint density at radius 2 is 2.17 bits per heavy atom. The summed E-state index contributed by atoms with van der Waals surface area (Å²) in [5.41, 5.74) is 0.0358. The molecule has 18 heavy (non-hydrogen) atoms. The smallest absolute Gasteiger partial charge is 0.353 e. The summed E-state index contributed by atoms with van der Waals surface area (Å²) in [7, 11) is 0. The molecular formula is C10H7ClN4O3. The summed E-state index contributed by atoms with van der Waals surface area (Å²) in [5.74, 6) is -1.56. The number of hydrogen-bond acceptors (Lipinski definition) is 4.